The molecule has 1 aromatic rings. The van der Waals surface area contributed by atoms with E-state index < -0.39 is 4.92 Å². The number of phenols is 1. The van der Waals surface area contributed by atoms with Gasteiger partial charge in [-0.2, -0.15) is 0 Å². The second-order valence-corrected chi connectivity index (χ2v) is 3.53. The Morgan fingerprint density at radius 1 is 1.50 bits per heavy atom. The van der Waals surface area contributed by atoms with Gasteiger partial charge in [-0.3, -0.25) is 15.0 Å². The molecule has 6 nitrogen and oxygen atoms in total. The van der Waals surface area contributed by atoms with Crippen molar-refractivity contribution in [1.29, 1.82) is 0 Å². The van der Waals surface area contributed by atoms with Crippen LogP contribution in [-0.2, 0) is 6.54 Å². The highest BCUT2D eigenvalue weighted by atomic mass is 16.6. The molecule has 0 atom stereocenters. The van der Waals surface area contributed by atoms with Crippen molar-refractivity contribution in [3.8, 4) is 5.75 Å². The normalized spacial score (nSPS) is 10.7. The summed E-state index contributed by atoms with van der Waals surface area (Å²) < 4.78 is 0. The summed E-state index contributed by atoms with van der Waals surface area (Å²) in [6, 6.07) is 3.90. The Hall–Kier alpha value is -1.66. The number of aromatic hydroxyl groups is 1. The Balaban J connectivity index is 2.85. The monoisotopic (exact) mass is 226 g/mol. The van der Waals surface area contributed by atoms with Gasteiger partial charge in [0.15, 0.2) is 0 Å². The third kappa shape index (κ3) is 3.18. The van der Waals surface area contributed by atoms with Crippen LogP contribution in [0, 0.1) is 10.1 Å². The van der Waals surface area contributed by atoms with Gasteiger partial charge in [0, 0.05) is 30.8 Å². The minimum atomic E-state index is -0.505. The maximum Gasteiger partial charge on any atom is 0.270 e. The lowest BCUT2D eigenvalue weighted by Crippen LogP contribution is -2.21. The number of aliphatic hydroxyl groups excluding tert-OH is 1. The first-order valence-corrected chi connectivity index (χ1v) is 4.80. The van der Waals surface area contributed by atoms with Crippen molar-refractivity contribution in [2.24, 2.45) is 0 Å². The number of hydrogen-bond donors (Lipinski definition) is 2. The van der Waals surface area contributed by atoms with E-state index in [0.29, 0.717) is 18.7 Å². The second-order valence-electron chi connectivity index (χ2n) is 3.53. The molecule has 1 aromatic carbocycles. The van der Waals surface area contributed by atoms with E-state index in [1.807, 2.05) is 0 Å². The van der Waals surface area contributed by atoms with Crippen LogP contribution in [0.5, 0.6) is 5.75 Å². The van der Waals surface area contributed by atoms with Gasteiger partial charge >= 0.3 is 0 Å². The number of rotatable bonds is 5. The molecular weight excluding hydrogens is 212 g/mol. The van der Waals surface area contributed by atoms with Crippen LogP contribution in [0.15, 0.2) is 18.2 Å². The smallest absolute Gasteiger partial charge is 0.270 e. The third-order valence-electron chi connectivity index (χ3n) is 2.20. The van der Waals surface area contributed by atoms with Gasteiger partial charge < -0.3 is 10.2 Å². The quantitative estimate of drug-likeness (QED) is 0.570. The molecule has 0 saturated carbocycles. The van der Waals surface area contributed by atoms with Crippen LogP contribution in [0.2, 0.25) is 0 Å². The summed E-state index contributed by atoms with van der Waals surface area (Å²) >= 11 is 0. The van der Waals surface area contributed by atoms with E-state index in [-0.39, 0.29) is 18.0 Å². The van der Waals surface area contributed by atoms with E-state index >= 15 is 0 Å². The molecule has 0 aromatic heterocycles. The Kier molecular flexibility index (Phi) is 4.21. The van der Waals surface area contributed by atoms with Gasteiger partial charge in [-0.25, -0.2) is 0 Å². The number of hydrogen-bond acceptors (Lipinski definition) is 5. The highest BCUT2D eigenvalue weighted by Gasteiger charge is 2.11. The van der Waals surface area contributed by atoms with E-state index in [2.05, 4.69) is 0 Å². The summed E-state index contributed by atoms with van der Waals surface area (Å²) in [6.07, 6.45) is 0. The molecule has 2 N–H and O–H groups in total. The molecule has 16 heavy (non-hydrogen) atoms. The van der Waals surface area contributed by atoms with Crippen LogP contribution in [-0.4, -0.2) is 40.2 Å². The van der Waals surface area contributed by atoms with Crippen molar-refractivity contribution in [1.82, 2.24) is 4.90 Å². The zero-order valence-corrected chi connectivity index (χ0v) is 8.96. The summed E-state index contributed by atoms with van der Waals surface area (Å²) in [6.45, 7) is 0.808. The Bertz CT molecular complexity index is 381. The lowest BCUT2D eigenvalue weighted by Gasteiger charge is -2.15. The zero-order chi connectivity index (χ0) is 12.1. The molecule has 0 saturated heterocycles. The molecule has 0 radical (unpaired) electrons. The molecule has 0 unspecified atom stereocenters. The van der Waals surface area contributed by atoms with Gasteiger partial charge in [0.05, 0.1) is 11.5 Å². The van der Waals surface area contributed by atoms with Gasteiger partial charge in [-0.15, -0.1) is 0 Å². The van der Waals surface area contributed by atoms with Crippen molar-refractivity contribution in [2.45, 2.75) is 6.54 Å². The van der Waals surface area contributed by atoms with Gasteiger partial charge in [0.2, 0.25) is 0 Å². The topological polar surface area (TPSA) is 86.8 Å². The molecule has 1 rings (SSSR count). The molecule has 6 heteroatoms. The molecule has 0 bridgehead atoms. The molecule has 0 spiro atoms. The van der Waals surface area contributed by atoms with Crippen molar-refractivity contribution in [3.05, 3.63) is 33.9 Å². The van der Waals surface area contributed by atoms with E-state index in [1.165, 1.54) is 18.2 Å². The molecule has 0 heterocycles. The van der Waals surface area contributed by atoms with Crippen molar-refractivity contribution in [2.75, 3.05) is 20.2 Å². The summed E-state index contributed by atoms with van der Waals surface area (Å²) in [5.41, 5.74) is 0.426. The van der Waals surface area contributed by atoms with Crippen LogP contribution >= 0.6 is 0 Å². The number of nitro groups is 1. The Morgan fingerprint density at radius 3 is 2.75 bits per heavy atom. The van der Waals surface area contributed by atoms with Crippen LogP contribution in [0.4, 0.5) is 5.69 Å². The van der Waals surface area contributed by atoms with E-state index in [4.69, 9.17) is 5.11 Å². The van der Waals surface area contributed by atoms with Crippen molar-refractivity contribution in [3.63, 3.8) is 0 Å². The van der Waals surface area contributed by atoms with E-state index in [9.17, 15) is 15.2 Å². The second kappa shape index (κ2) is 5.43. The standard InChI is InChI=1S/C10H14N2O4/c1-11(4-5-13)7-8-6-9(12(15)16)2-3-10(8)14/h2-3,6,13-14H,4-5,7H2,1H3. The molecular formula is C10H14N2O4. The lowest BCUT2D eigenvalue weighted by molar-refractivity contribution is -0.385. The first-order chi connectivity index (χ1) is 7.54. The zero-order valence-electron chi connectivity index (χ0n) is 8.96. The molecule has 0 aliphatic rings. The van der Waals surface area contributed by atoms with Crippen molar-refractivity contribution < 1.29 is 15.1 Å². The fourth-order valence-corrected chi connectivity index (χ4v) is 1.35. The fraction of sp³-hybridized carbons (Fsp3) is 0.400. The van der Waals surface area contributed by atoms with Crippen molar-refractivity contribution >= 4 is 5.69 Å². The van der Waals surface area contributed by atoms with Crippen LogP contribution in [0.3, 0.4) is 0 Å². The highest BCUT2D eigenvalue weighted by molar-refractivity contribution is 5.42. The minimum Gasteiger partial charge on any atom is -0.508 e. The predicted octanol–water partition coefficient (Wildman–Crippen LogP) is 0.724. The van der Waals surface area contributed by atoms with E-state index in [1.54, 1.807) is 11.9 Å². The molecule has 0 aliphatic heterocycles. The summed E-state index contributed by atoms with van der Waals surface area (Å²) in [4.78, 5) is 11.8. The highest BCUT2D eigenvalue weighted by Crippen LogP contribution is 2.23. The number of aliphatic hydroxyl groups is 1. The maximum absolute atomic E-state index is 10.5. The summed E-state index contributed by atoms with van der Waals surface area (Å²) in [5, 5.41) is 28.8. The molecule has 88 valence electrons. The van der Waals surface area contributed by atoms with Crippen LogP contribution in [0.25, 0.3) is 0 Å². The molecule has 0 amide bonds. The number of nitro benzene ring substituents is 1. The number of benzene rings is 1. The predicted molar refractivity (Wildman–Crippen MR) is 58.2 cm³/mol. The first kappa shape index (κ1) is 12.4. The maximum atomic E-state index is 10.5. The minimum absolute atomic E-state index is 0.00614. The van der Waals surface area contributed by atoms with Crippen LogP contribution < -0.4 is 0 Å². The largest absolute Gasteiger partial charge is 0.508 e. The number of phenolic OH excluding ortho intramolecular Hbond substituents is 1. The number of likely N-dealkylation sites (N-methyl/N-ethyl adjacent to an activating group) is 1. The Labute approximate surface area is 92.9 Å². The van der Waals surface area contributed by atoms with Gasteiger partial charge in [-0.05, 0) is 13.1 Å². The first-order valence-electron chi connectivity index (χ1n) is 4.80. The SMILES string of the molecule is CN(CCO)Cc1cc([N+](=O)[O-])ccc1O. The lowest BCUT2D eigenvalue weighted by atomic mass is 10.1. The van der Waals surface area contributed by atoms with Gasteiger partial charge in [0.1, 0.15) is 5.75 Å². The van der Waals surface area contributed by atoms with E-state index in [0.717, 1.165) is 0 Å². The average Bonchev–Trinajstić information content (AvgIpc) is 2.21. The molecule has 0 fully saturated rings. The van der Waals surface area contributed by atoms with Crippen LogP contribution in [0.1, 0.15) is 5.56 Å². The number of nitrogens with zero attached hydrogens (tertiary/aromatic N) is 2. The number of non-ortho nitro benzene ring substituents is 1. The summed E-state index contributed by atoms with van der Waals surface area (Å²) in [5.74, 6) is 0.0235. The van der Waals surface area contributed by atoms with Gasteiger partial charge in [0.25, 0.3) is 5.69 Å². The Morgan fingerprint density at radius 2 is 2.19 bits per heavy atom. The molecule has 0 aliphatic carbocycles. The fourth-order valence-electron chi connectivity index (χ4n) is 1.35. The average molecular weight is 226 g/mol. The van der Waals surface area contributed by atoms with Gasteiger partial charge in [-0.1, -0.05) is 0 Å². The summed E-state index contributed by atoms with van der Waals surface area (Å²) in [7, 11) is 1.76. The third-order valence-corrected chi connectivity index (χ3v) is 2.20.